The zero-order valence-electron chi connectivity index (χ0n) is 13.1. The third-order valence-corrected chi connectivity index (χ3v) is 4.13. The maximum absolute atomic E-state index is 12.4. The summed E-state index contributed by atoms with van der Waals surface area (Å²) in [6.07, 6.45) is 5.27. The van der Waals surface area contributed by atoms with Crippen molar-refractivity contribution in [2.45, 2.75) is 19.8 Å². The number of nitrogens with zero attached hydrogens (tertiary/aromatic N) is 2. The van der Waals surface area contributed by atoms with Gasteiger partial charge in [-0.2, -0.15) is 0 Å². The molecule has 0 spiro atoms. The van der Waals surface area contributed by atoms with Crippen molar-refractivity contribution < 1.29 is 4.79 Å². The maximum atomic E-state index is 12.4. The van der Waals surface area contributed by atoms with Crippen molar-refractivity contribution in [3.05, 3.63) is 52.3 Å². The first-order valence-corrected chi connectivity index (χ1v) is 8.19. The van der Waals surface area contributed by atoms with Gasteiger partial charge in [0.25, 0.3) is 5.91 Å². The molecule has 0 aliphatic rings. The molecule has 0 aliphatic heterocycles. The highest BCUT2D eigenvalue weighted by Gasteiger charge is 2.12. The van der Waals surface area contributed by atoms with Gasteiger partial charge in [-0.3, -0.25) is 9.78 Å². The zero-order valence-corrected chi connectivity index (χ0v) is 14.7. The normalized spacial score (nSPS) is 10.4. The van der Waals surface area contributed by atoms with Crippen LogP contribution in [0.2, 0.25) is 10.0 Å². The third-order valence-electron chi connectivity index (χ3n) is 3.39. The van der Waals surface area contributed by atoms with Gasteiger partial charge in [0, 0.05) is 25.5 Å². The molecule has 122 valence electrons. The highest BCUT2D eigenvalue weighted by molar-refractivity contribution is 6.42. The molecule has 1 amide bonds. The molecular formula is C17H19Cl2N3O. The van der Waals surface area contributed by atoms with E-state index in [-0.39, 0.29) is 5.91 Å². The van der Waals surface area contributed by atoms with Gasteiger partial charge in [0.05, 0.1) is 27.5 Å². The molecule has 6 heteroatoms. The van der Waals surface area contributed by atoms with Crippen LogP contribution < -0.4 is 5.32 Å². The molecule has 0 saturated carbocycles. The topological polar surface area (TPSA) is 45.2 Å². The second-order valence-electron chi connectivity index (χ2n) is 5.30. The van der Waals surface area contributed by atoms with Crippen molar-refractivity contribution in [3.8, 4) is 0 Å². The molecule has 0 aliphatic carbocycles. The summed E-state index contributed by atoms with van der Waals surface area (Å²) in [6, 6.07) is 7.04. The van der Waals surface area contributed by atoms with E-state index in [2.05, 4.69) is 17.2 Å². The first kappa shape index (κ1) is 17.6. The zero-order chi connectivity index (χ0) is 16.8. The van der Waals surface area contributed by atoms with Gasteiger partial charge >= 0.3 is 0 Å². The van der Waals surface area contributed by atoms with Crippen LogP contribution in [-0.4, -0.2) is 29.4 Å². The number of rotatable bonds is 6. The number of hydrogen-bond donors (Lipinski definition) is 1. The second kappa shape index (κ2) is 8.18. The molecule has 0 bridgehead atoms. The molecule has 0 saturated heterocycles. The van der Waals surface area contributed by atoms with E-state index in [0.29, 0.717) is 15.6 Å². The van der Waals surface area contributed by atoms with Gasteiger partial charge < -0.3 is 10.2 Å². The lowest BCUT2D eigenvalue weighted by Crippen LogP contribution is -2.27. The molecule has 0 fully saturated rings. The van der Waals surface area contributed by atoms with E-state index in [1.54, 1.807) is 42.5 Å². The first-order valence-electron chi connectivity index (χ1n) is 7.44. The number of nitrogens with one attached hydrogen (secondary N) is 1. The van der Waals surface area contributed by atoms with Gasteiger partial charge in [-0.15, -0.1) is 0 Å². The lowest BCUT2D eigenvalue weighted by molar-refractivity contribution is 0.0793. The number of carbonyl (C=O) groups is 1. The Kier molecular flexibility index (Phi) is 6.25. The van der Waals surface area contributed by atoms with Crippen LogP contribution in [0.3, 0.4) is 0 Å². The number of pyridine rings is 1. The Hall–Kier alpha value is -1.78. The number of anilines is 2. The molecule has 0 unspecified atom stereocenters. The van der Waals surface area contributed by atoms with E-state index >= 15 is 0 Å². The van der Waals surface area contributed by atoms with Crippen LogP contribution in [0.25, 0.3) is 0 Å². The van der Waals surface area contributed by atoms with Crippen molar-refractivity contribution in [1.29, 1.82) is 0 Å². The summed E-state index contributed by atoms with van der Waals surface area (Å²) in [5.74, 6) is -0.0382. The van der Waals surface area contributed by atoms with Crippen LogP contribution in [0, 0.1) is 0 Å². The minimum atomic E-state index is -0.0382. The highest BCUT2D eigenvalue weighted by atomic mass is 35.5. The minimum absolute atomic E-state index is 0.0382. The summed E-state index contributed by atoms with van der Waals surface area (Å²) in [4.78, 5) is 18.2. The second-order valence-corrected chi connectivity index (χ2v) is 6.11. The smallest absolute Gasteiger partial charge is 0.255 e. The molecule has 1 aromatic carbocycles. The standard InChI is InChI=1S/C17H19Cl2N3O/c1-3-4-7-22(2)17(23)12-8-14(11-20-10-12)21-13-5-6-15(18)16(19)9-13/h5-6,8-11,21H,3-4,7H2,1-2H3. The quantitative estimate of drug-likeness (QED) is 0.795. The summed E-state index contributed by atoms with van der Waals surface area (Å²) in [6.45, 7) is 2.83. The minimum Gasteiger partial charge on any atom is -0.354 e. The lowest BCUT2D eigenvalue weighted by atomic mass is 10.2. The van der Waals surface area contributed by atoms with Crippen LogP contribution in [0.4, 0.5) is 11.4 Å². The number of carbonyl (C=O) groups excluding carboxylic acids is 1. The number of amides is 1. The molecule has 0 radical (unpaired) electrons. The molecule has 0 atom stereocenters. The average Bonchev–Trinajstić information content (AvgIpc) is 2.55. The molecule has 1 heterocycles. The SMILES string of the molecule is CCCCN(C)C(=O)c1cncc(Nc2ccc(Cl)c(Cl)c2)c1. The predicted molar refractivity (Wildman–Crippen MR) is 95.9 cm³/mol. The summed E-state index contributed by atoms with van der Waals surface area (Å²) >= 11 is 11.9. The molecule has 2 aromatic rings. The monoisotopic (exact) mass is 351 g/mol. The Labute approximate surface area is 146 Å². The molecule has 4 nitrogen and oxygen atoms in total. The van der Waals surface area contributed by atoms with E-state index in [1.165, 1.54) is 0 Å². The maximum Gasteiger partial charge on any atom is 0.255 e. The van der Waals surface area contributed by atoms with E-state index < -0.39 is 0 Å². The van der Waals surface area contributed by atoms with Gasteiger partial charge in [-0.05, 0) is 30.7 Å². The number of benzene rings is 1. The van der Waals surface area contributed by atoms with E-state index in [1.807, 2.05) is 6.07 Å². The van der Waals surface area contributed by atoms with E-state index in [9.17, 15) is 4.79 Å². The fourth-order valence-electron chi connectivity index (χ4n) is 2.08. The fourth-order valence-corrected chi connectivity index (χ4v) is 2.38. The summed E-state index contributed by atoms with van der Waals surface area (Å²) in [7, 11) is 1.80. The molecule has 1 N–H and O–H groups in total. The average molecular weight is 352 g/mol. The van der Waals surface area contributed by atoms with Gasteiger partial charge in [-0.25, -0.2) is 0 Å². The van der Waals surface area contributed by atoms with Crippen molar-refractivity contribution in [3.63, 3.8) is 0 Å². The van der Waals surface area contributed by atoms with Crippen LogP contribution >= 0.6 is 23.2 Å². The Morgan fingerprint density at radius 3 is 2.65 bits per heavy atom. The molecule has 23 heavy (non-hydrogen) atoms. The first-order chi connectivity index (χ1) is 11.0. The van der Waals surface area contributed by atoms with Crippen molar-refractivity contribution in [2.75, 3.05) is 18.9 Å². The molecule has 2 rings (SSSR count). The Morgan fingerprint density at radius 1 is 1.17 bits per heavy atom. The lowest BCUT2D eigenvalue weighted by Gasteiger charge is -2.17. The number of unbranched alkanes of at least 4 members (excludes halogenated alkanes) is 1. The van der Waals surface area contributed by atoms with E-state index in [4.69, 9.17) is 23.2 Å². The van der Waals surface area contributed by atoms with Crippen LogP contribution in [0.1, 0.15) is 30.1 Å². The largest absolute Gasteiger partial charge is 0.354 e. The Morgan fingerprint density at radius 2 is 1.96 bits per heavy atom. The van der Waals surface area contributed by atoms with Crippen molar-refractivity contribution >= 4 is 40.5 Å². The Balaban J connectivity index is 2.13. The third kappa shape index (κ3) is 4.85. The van der Waals surface area contributed by atoms with Crippen molar-refractivity contribution in [2.24, 2.45) is 0 Å². The van der Waals surface area contributed by atoms with Gasteiger partial charge in [-0.1, -0.05) is 36.5 Å². The van der Waals surface area contributed by atoms with Gasteiger partial charge in [0.1, 0.15) is 0 Å². The van der Waals surface area contributed by atoms with Crippen LogP contribution in [0.5, 0.6) is 0 Å². The number of hydrogen-bond acceptors (Lipinski definition) is 3. The van der Waals surface area contributed by atoms with Crippen LogP contribution in [0.15, 0.2) is 36.7 Å². The Bertz CT molecular complexity index is 691. The number of halogens is 2. The van der Waals surface area contributed by atoms with Crippen LogP contribution in [-0.2, 0) is 0 Å². The summed E-state index contributed by atoms with van der Waals surface area (Å²) in [5.41, 5.74) is 2.05. The number of aromatic nitrogens is 1. The summed E-state index contributed by atoms with van der Waals surface area (Å²) < 4.78 is 0. The molecular weight excluding hydrogens is 333 g/mol. The van der Waals surface area contributed by atoms with E-state index in [0.717, 1.165) is 30.8 Å². The van der Waals surface area contributed by atoms with Crippen molar-refractivity contribution in [1.82, 2.24) is 9.88 Å². The predicted octanol–water partition coefficient (Wildman–Crippen LogP) is 5.00. The fraction of sp³-hybridized carbons (Fsp3) is 0.294. The molecule has 1 aromatic heterocycles. The highest BCUT2D eigenvalue weighted by Crippen LogP contribution is 2.27. The summed E-state index contributed by atoms with van der Waals surface area (Å²) in [5, 5.41) is 4.14. The van der Waals surface area contributed by atoms with Gasteiger partial charge in [0.2, 0.25) is 0 Å². The van der Waals surface area contributed by atoms with Gasteiger partial charge in [0.15, 0.2) is 0 Å².